The molecule has 1 aromatic carbocycles. The van der Waals surface area contributed by atoms with Gasteiger partial charge in [0.15, 0.2) is 0 Å². The molecule has 1 saturated carbocycles. The third-order valence-corrected chi connectivity index (χ3v) is 6.77. The minimum atomic E-state index is -0.183. The Kier molecular flexibility index (Phi) is 4.83. The third kappa shape index (κ3) is 3.50. The lowest BCUT2D eigenvalue weighted by Crippen LogP contribution is -2.28. The van der Waals surface area contributed by atoms with Gasteiger partial charge in [-0.2, -0.15) is 5.10 Å². The Bertz CT molecular complexity index is 1220. The molecule has 0 aliphatic heterocycles. The fourth-order valence-corrected chi connectivity index (χ4v) is 5.02. The maximum Gasteiger partial charge on any atom is 0.220 e. The molecule has 7 heteroatoms. The van der Waals surface area contributed by atoms with E-state index in [1.807, 2.05) is 30.6 Å². The number of carbonyl (C=O) groups excluding carboxylic acids is 1. The summed E-state index contributed by atoms with van der Waals surface area (Å²) in [5.74, 6) is -0.194. The molecule has 1 amide bonds. The zero-order chi connectivity index (χ0) is 20.7. The van der Waals surface area contributed by atoms with Gasteiger partial charge in [-0.3, -0.25) is 14.5 Å². The number of thiazole rings is 1. The maximum absolute atomic E-state index is 11.5. The van der Waals surface area contributed by atoms with Crippen LogP contribution in [0.15, 0.2) is 48.1 Å². The number of amides is 1. The second-order valence-corrected chi connectivity index (χ2v) is 8.86. The molecule has 0 unspecified atom stereocenters. The normalized spacial score (nSPS) is 19.2. The standard InChI is InChI=1S/C23H23N5OS/c1-14-3-2-4-20(26-14)22-18(16-7-10-19-21(11-16)30-13-25-19)12-28(27-22)17-8-5-15(6-9-17)23(24)29/h2-4,7,10-13,15,17H,5-6,8-9H2,1H3,(H2,24,29). The molecule has 1 aliphatic rings. The number of carbonyl (C=O) groups is 1. The zero-order valence-electron chi connectivity index (χ0n) is 16.8. The molecule has 6 nitrogen and oxygen atoms in total. The predicted molar refractivity (Wildman–Crippen MR) is 119 cm³/mol. The summed E-state index contributed by atoms with van der Waals surface area (Å²) in [5.41, 5.74) is 13.3. The van der Waals surface area contributed by atoms with Gasteiger partial charge >= 0.3 is 0 Å². The van der Waals surface area contributed by atoms with Crippen LogP contribution in [0.25, 0.3) is 32.7 Å². The highest BCUT2D eigenvalue weighted by molar-refractivity contribution is 7.16. The first kappa shape index (κ1) is 18.9. The van der Waals surface area contributed by atoms with E-state index in [2.05, 4.69) is 34.1 Å². The van der Waals surface area contributed by atoms with Crippen LogP contribution < -0.4 is 5.73 Å². The van der Waals surface area contributed by atoms with Gasteiger partial charge in [0.2, 0.25) is 5.91 Å². The fourth-order valence-electron chi connectivity index (χ4n) is 4.30. The highest BCUT2D eigenvalue weighted by atomic mass is 32.1. The number of rotatable bonds is 4. The van der Waals surface area contributed by atoms with Crippen molar-refractivity contribution in [2.24, 2.45) is 11.7 Å². The van der Waals surface area contributed by atoms with Crippen molar-refractivity contribution in [2.45, 2.75) is 38.6 Å². The largest absolute Gasteiger partial charge is 0.369 e. The van der Waals surface area contributed by atoms with Crippen molar-refractivity contribution in [3.63, 3.8) is 0 Å². The first-order valence-electron chi connectivity index (χ1n) is 10.2. The number of benzene rings is 1. The van der Waals surface area contributed by atoms with E-state index in [0.29, 0.717) is 0 Å². The number of pyridine rings is 1. The summed E-state index contributed by atoms with van der Waals surface area (Å²) in [6, 6.07) is 12.6. The van der Waals surface area contributed by atoms with E-state index in [-0.39, 0.29) is 17.9 Å². The number of aromatic nitrogens is 4. The molecule has 0 bridgehead atoms. The second-order valence-electron chi connectivity index (χ2n) is 7.98. The quantitative estimate of drug-likeness (QED) is 0.519. The van der Waals surface area contributed by atoms with Crippen LogP contribution >= 0.6 is 11.3 Å². The summed E-state index contributed by atoms with van der Waals surface area (Å²) in [6.07, 6.45) is 5.59. The first-order chi connectivity index (χ1) is 14.6. The Hall–Kier alpha value is -3.06. The molecule has 0 radical (unpaired) electrons. The Morgan fingerprint density at radius 3 is 2.77 bits per heavy atom. The van der Waals surface area contributed by atoms with E-state index in [0.717, 1.165) is 64.1 Å². The van der Waals surface area contributed by atoms with E-state index >= 15 is 0 Å². The van der Waals surface area contributed by atoms with Gasteiger partial charge in [-0.25, -0.2) is 4.98 Å². The maximum atomic E-state index is 11.5. The molecule has 5 rings (SSSR count). The van der Waals surface area contributed by atoms with E-state index < -0.39 is 0 Å². The highest BCUT2D eigenvalue weighted by Gasteiger charge is 2.27. The molecule has 4 aromatic rings. The number of nitrogens with two attached hydrogens (primary N) is 1. The van der Waals surface area contributed by atoms with Crippen molar-refractivity contribution in [1.82, 2.24) is 19.7 Å². The smallest absolute Gasteiger partial charge is 0.220 e. The van der Waals surface area contributed by atoms with Crippen LogP contribution in [0.4, 0.5) is 0 Å². The van der Waals surface area contributed by atoms with E-state index in [4.69, 9.17) is 15.8 Å². The lowest BCUT2D eigenvalue weighted by atomic mass is 9.86. The van der Waals surface area contributed by atoms with Crippen molar-refractivity contribution < 1.29 is 4.79 Å². The van der Waals surface area contributed by atoms with Crippen molar-refractivity contribution in [2.75, 3.05) is 0 Å². The highest BCUT2D eigenvalue weighted by Crippen LogP contribution is 2.37. The lowest BCUT2D eigenvalue weighted by molar-refractivity contribution is -0.122. The third-order valence-electron chi connectivity index (χ3n) is 5.98. The van der Waals surface area contributed by atoms with Gasteiger partial charge in [-0.05, 0) is 62.4 Å². The van der Waals surface area contributed by atoms with Gasteiger partial charge < -0.3 is 5.73 Å². The summed E-state index contributed by atoms with van der Waals surface area (Å²) in [5, 5.41) is 4.98. The monoisotopic (exact) mass is 417 g/mol. The average Bonchev–Trinajstić information content (AvgIpc) is 3.40. The molecule has 0 spiro atoms. The van der Waals surface area contributed by atoms with Gasteiger partial charge in [0.1, 0.15) is 5.69 Å². The number of hydrogen-bond donors (Lipinski definition) is 1. The van der Waals surface area contributed by atoms with Crippen molar-refractivity contribution in [3.8, 4) is 22.5 Å². The van der Waals surface area contributed by atoms with Crippen LogP contribution in [0.3, 0.4) is 0 Å². The first-order valence-corrected chi connectivity index (χ1v) is 11.1. The fraction of sp³-hybridized carbons (Fsp3) is 0.304. The van der Waals surface area contributed by atoms with Gasteiger partial charge in [0.05, 0.1) is 27.5 Å². The number of hydrogen-bond acceptors (Lipinski definition) is 5. The molecule has 3 aromatic heterocycles. The molecule has 3 heterocycles. The van der Waals surface area contributed by atoms with Gasteiger partial charge in [0, 0.05) is 23.4 Å². The molecule has 30 heavy (non-hydrogen) atoms. The minimum Gasteiger partial charge on any atom is -0.369 e. The Morgan fingerprint density at radius 2 is 2.00 bits per heavy atom. The molecular weight excluding hydrogens is 394 g/mol. The van der Waals surface area contributed by atoms with Crippen molar-refractivity contribution >= 4 is 27.5 Å². The molecular formula is C23H23N5OS. The summed E-state index contributed by atoms with van der Waals surface area (Å²) in [7, 11) is 0. The minimum absolute atomic E-state index is 0.0112. The summed E-state index contributed by atoms with van der Waals surface area (Å²) in [6.45, 7) is 1.99. The number of fused-ring (bicyclic) bond motifs is 1. The average molecular weight is 418 g/mol. The molecule has 2 N–H and O–H groups in total. The number of aryl methyl sites for hydroxylation is 1. The molecule has 1 fully saturated rings. The van der Waals surface area contributed by atoms with Crippen LogP contribution in [0, 0.1) is 12.8 Å². The lowest BCUT2D eigenvalue weighted by Gasteiger charge is -2.26. The van der Waals surface area contributed by atoms with Crippen LogP contribution in [0.5, 0.6) is 0 Å². The van der Waals surface area contributed by atoms with Crippen LogP contribution in [0.2, 0.25) is 0 Å². The van der Waals surface area contributed by atoms with Crippen LogP contribution in [-0.4, -0.2) is 25.7 Å². The molecule has 0 saturated heterocycles. The van der Waals surface area contributed by atoms with E-state index in [9.17, 15) is 4.79 Å². The topological polar surface area (TPSA) is 86.7 Å². The summed E-state index contributed by atoms with van der Waals surface area (Å²) >= 11 is 1.64. The van der Waals surface area contributed by atoms with Crippen LogP contribution in [0.1, 0.15) is 37.4 Å². The Morgan fingerprint density at radius 1 is 1.17 bits per heavy atom. The van der Waals surface area contributed by atoms with Crippen molar-refractivity contribution in [3.05, 3.63) is 53.8 Å². The predicted octanol–water partition coefficient (Wildman–Crippen LogP) is 4.75. The van der Waals surface area contributed by atoms with E-state index in [1.165, 1.54) is 0 Å². The zero-order valence-corrected chi connectivity index (χ0v) is 17.6. The van der Waals surface area contributed by atoms with Gasteiger partial charge in [0.25, 0.3) is 0 Å². The molecule has 152 valence electrons. The van der Waals surface area contributed by atoms with Gasteiger partial charge in [-0.1, -0.05) is 12.1 Å². The van der Waals surface area contributed by atoms with Gasteiger partial charge in [-0.15, -0.1) is 11.3 Å². The Balaban J connectivity index is 1.57. The second kappa shape index (κ2) is 7.65. The Labute approximate surface area is 178 Å². The van der Waals surface area contributed by atoms with Crippen LogP contribution in [-0.2, 0) is 4.79 Å². The molecule has 0 atom stereocenters. The van der Waals surface area contributed by atoms with Crippen molar-refractivity contribution in [1.29, 1.82) is 0 Å². The SMILES string of the molecule is Cc1cccc(-c2nn(C3CCC(C(N)=O)CC3)cc2-c2ccc3ncsc3c2)n1. The molecule has 1 aliphatic carbocycles. The van der Waals surface area contributed by atoms with E-state index in [1.54, 1.807) is 11.3 Å². The summed E-state index contributed by atoms with van der Waals surface area (Å²) in [4.78, 5) is 20.7. The number of primary amides is 1. The number of nitrogens with zero attached hydrogens (tertiary/aromatic N) is 4. The summed E-state index contributed by atoms with van der Waals surface area (Å²) < 4.78 is 3.23.